The maximum atomic E-state index is 12.8. The third-order valence-electron chi connectivity index (χ3n) is 5.36. The molecule has 3 rings (SSSR count). The zero-order valence-electron chi connectivity index (χ0n) is 16.3. The number of hydrogen-bond donors (Lipinski definition) is 2. The summed E-state index contributed by atoms with van der Waals surface area (Å²) in [6.45, 7) is 4.91. The Morgan fingerprint density at radius 3 is 2.39 bits per heavy atom. The average Bonchev–Trinajstić information content (AvgIpc) is 3.13. The minimum absolute atomic E-state index is 0. The Kier molecular flexibility index (Phi) is 7.66. The Morgan fingerprint density at radius 1 is 1.18 bits per heavy atom. The number of nitrogens with one attached hydrogen (secondary N) is 1. The normalized spacial score (nSPS) is 16.8. The van der Waals surface area contributed by atoms with Gasteiger partial charge in [-0.3, -0.25) is 9.59 Å². The van der Waals surface area contributed by atoms with Crippen LogP contribution in [0, 0.1) is 12.8 Å². The molecule has 28 heavy (non-hydrogen) atoms. The van der Waals surface area contributed by atoms with Crippen LogP contribution in [-0.2, 0) is 4.79 Å². The summed E-state index contributed by atoms with van der Waals surface area (Å²) < 4.78 is 5.18. The second kappa shape index (κ2) is 9.75. The zero-order valence-corrected chi connectivity index (χ0v) is 17.1. The molecule has 1 saturated heterocycles. The lowest BCUT2D eigenvalue weighted by Gasteiger charge is -2.35. The van der Waals surface area contributed by atoms with E-state index in [0.29, 0.717) is 24.4 Å². The fraction of sp³-hybridized carbons (Fsp3) is 0.429. The van der Waals surface area contributed by atoms with Crippen LogP contribution in [0.15, 0.2) is 47.1 Å². The van der Waals surface area contributed by atoms with Gasteiger partial charge in [-0.25, -0.2) is 0 Å². The molecular weight excluding hydrogens is 378 g/mol. The molecule has 3 N–H and O–H groups in total. The average molecular weight is 406 g/mol. The van der Waals surface area contributed by atoms with E-state index in [1.54, 1.807) is 13.0 Å². The van der Waals surface area contributed by atoms with Gasteiger partial charge in [-0.15, -0.1) is 12.4 Å². The smallest absolute Gasteiger partial charge is 0.255 e. The molecule has 1 aromatic carbocycles. The molecule has 2 amide bonds. The van der Waals surface area contributed by atoms with Crippen molar-refractivity contribution >= 4 is 24.2 Å². The number of hydrogen-bond acceptors (Lipinski definition) is 4. The molecule has 7 heteroatoms. The highest BCUT2D eigenvalue weighted by Crippen LogP contribution is 2.23. The van der Waals surface area contributed by atoms with Gasteiger partial charge in [-0.05, 0) is 31.4 Å². The van der Waals surface area contributed by atoms with Gasteiger partial charge in [0.05, 0.1) is 17.7 Å². The number of benzene rings is 1. The summed E-state index contributed by atoms with van der Waals surface area (Å²) in [6.07, 6.45) is 2.99. The number of amides is 2. The van der Waals surface area contributed by atoms with Crippen molar-refractivity contribution in [2.24, 2.45) is 11.7 Å². The van der Waals surface area contributed by atoms with E-state index in [4.69, 9.17) is 10.2 Å². The van der Waals surface area contributed by atoms with Crippen LogP contribution in [0.1, 0.15) is 47.5 Å². The van der Waals surface area contributed by atoms with Gasteiger partial charge >= 0.3 is 0 Å². The lowest BCUT2D eigenvalue weighted by atomic mass is 9.93. The van der Waals surface area contributed by atoms with E-state index in [1.807, 2.05) is 42.2 Å². The Morgan fingerprint density at radius 2 is 1.82 bits per heavy atom. The lowest BCUT2D eigenvalue weighted by molar-refractivity contribution is -0.136. The number of carbonyl (C=O) groups is 2. The van der Waals surface area contributed by atoms with E-state index in [9.17, 15) is 9.59 Å². The predicted octanol–water partition coefficient (Wildman–Crippen LogP) is 3.07. The minimum atomic E-state index is -0.319. The summed E-state index contributed by atoms with van der Waals surface area (Å²) in [6, 6.07) is 11.1. The highest BCUT2D eigenvalue weighted by Gasteiger charge is 2.30. The number of rotatable bonds is 5. The van der Waals surface area contributed by atoms with E-state index in [2.05, 4.69) is 5.32 Å². The van der Waals surface area contributed by atoms with E-state index < -0.39 is 0 Å². The summed E-state index contributed by atoms with van der Waals surface area (Å²) in [4.78, 5) is 27.0. The predicted molar refractivity (Wildman–Crippen MR) is 110 cm³/mol. The van der Waals surface area contributed by atoms with Gasteiger partial charge in [0.2, 0.25) is 5.91 Å². The van der Waals surface area contributed by atoms with Crippen molar-refractivity contribution in [2.45, 2.75) is 38.8 Å². The van der Waals surface area contributed by atoms with Gasteiger partial charge in [-0.2, -0.15) is 0 Å². The maximum Gasteiger partial charge on any atom is 0.255 e. The highest BCUT2D eigenvalue weighted by molar-refractivity contribution is 5.95. The van der Waals surface area contributed by atoms with E-state index in [-0.39, 0.29) is 42.2 Å². The van der Waals surface area contributed by atoms with Gasteiger partial charge in [0.25, 0.3) is 5.91 Å². The van der Waals surface area contributed by atoms with E-state index >= 15 is 0 Å². The first-order chi connectivity index (χ1) is 13.0. The molecule has 2 atom stereocenters. The standard InChI is InChI=1S/C21H27N3O3.ClH/c1-14(19(22)16-6-4-3-5-7-16)21(26)24-11-8-17(9-12-24)23-20(25)18-10-13-27-15(18)2;/h3-7,10,13-14,17,19H,8-9,11-12,22H2,1-2H3,(H,23,25);1H. The molecule has 0 spiro atoms. The second-order valence-electron chi connectivity index (χ2n) is 7.19. The summed E-state index contributed by atoms with van der Waals surface area (Å²) in [5, 5.41) is 3.04. The number of likely N-dealkylation sites (tertiary alicyclic amines) is 1. The monoisotopic (exact) mass is 405 g/mol. The topological polar surface area (TPSA) is 88.6 Å². The number of halogens is 1. The van der Waals surface area contributed by atoms with Crippen molar-refractivity contribution in [1.82, 2.24) is 10.2 Å². The SMILES string of the molecule is Cc1occc1C(=O)NC1CCN(C(=O)C(C)C(N)c2ccccc2)CC1.Cl. The first-order valence-electron chi connectivity index (χ1n) is 9.41. The first kappa shape index (κ1) is 22.0. The van der Waals surface area contributed by atoms with Crippen LogP contribution in [-0.4, -0.2) is 35.8 Å². The Labute approximate surface area is 171 Å². The van der Waals surface area contributed by atoms with Crippen LogP contribution >= 0.6 is 12.4 Å². The third kappa shape index (κ3) is 4.94. The molecule has 0 bridgehead atoms. The van der Waals surface area contributed by atoms with Gasteiger partial charge < -0.3 is 20.4 Å². The molecule has 0 radical (unpaired) electrons. The van der Waals surface area contributed by atoms with Crippen molar-refractivity contribution in [1.29, 1.82) is 0 Å². The molecule has 0 aliphatic carbocycles. The Hall–Kier alpha value is -2.31. The number of nitrogens with two attached hydrogens (primary N) is 1. The number of piperidine rings is 1. The van der Waals surface area contributed by atoms with Gasteiger partial charge in [0.1, 0.15) is 5.76 Å². The molecule has 1 aromatic heterocycles. The van der Waals surface area contributed by atoms with Crippen LogP contribution in [0.5, 0.6) is 0 Å². The van der Waals surface area contributed by atoms with Gasteiger partial charge in [0.15, 0.2) is 0 Å². The first-order valence-corrected chi connectivity index (χ1v) is 9.41. The fourth-order valence-electron chi connectivity index (χ4n) is 3.53. The Bertz CT molecular complexity index is 785. The van der Waals surface area contributed by atoms with Crippen molar-refractivity contribution in [3.8, 4) is 0 Å². The lowest BCUT2D eigenvalue weighted by Crippen LogP contribution is -2.48. The quantitative estimate of drug-likeness (QED) is 0.800. The maximum absolute atomic E-state index is 12.8. The number of nitrogens with zero attached hydrogens (tertiary/aromatic N) is 1. The largest absolute Gasteiger partial charge is 0.469 e. The summed E-state index contributed by atoms with van der Waals surface area (Å²) in [5.41, 5.74) is 7.83. The van der Waals surface area contributed by atoms with Crippen molar-refractivity contribution in [3.05, 3.63) is 59.5 Å². The van der Waals surface area contributed by atoms with Gasteiger partial charge in [0, 0.05) is 25.2 Å². The molecule has 2 aromatic rings. The number of carbonyl (C=O) groups excluding carboxylic acids is 2. The summed E-state index contributed by atoms with van der Waals surface area (Å²) in [7, 11) is 0. The number of aryl methyl sites for hydroxylation is 1. The molecule has 1 fully saturated rings. The van der Waals surface area contributed by atoms with Crippen LogP contribution in [0.25, 0.3) is 0 Å². The van der Waals surface area contributed by atoms with Gasteiger partial charge in [-0.1, -0.05) is 37.3 Å². The fourth-order valence-corrected chi connectivity index (χ4v) is 3.53. The summed E-state index contributed by atoms with van der Waals surface area (Å²) >= 11 is 0. The van der Waals surface area contributed by atoms with E-state index in [0.717, 1.165) is 18.4 Å². The minimum Gasteiger partial charge on any atom is -0.469 e. The van der Waals surface area contributed by atoms with Crippen LogP contribution < -0.4 is 11.1 Å². The molecule has 2 unspecified atom stereocenters. The van der Waals surface area contributed by atoms with Crippen LogP contribution in [0.4, 0.5) is 0 Å². The van der Waals surface area contributed by atoms with Crippen LogP contribution in [0.3, 0.4) is 0 Å². The van der Waals surface area contributed by atoms with Crippen LogP contribution in [0.2, 0.25) is 0 Å². The molecule has 1 aliphatic heterocycles. The third-order valence-corrected chi connectivity index (χ3v) is 5.36. The van der Waals surface area contributed by atoms with Crippen molar-refractivity contribution < 1.29 is 14.0 Å². The summed E-state index contributed by atoms with van der Waals surface area (Å²) in [5.74, 6) is 0.281. The molecule has 2 heterocycles. The highest BCUT2D eigenvalue weighted by atomic mass is 35.5. The van der Waals surface area contributed by atoms with Crippen molar-refractivity contribution in [3.63, 3.8) is 0 Å². The Balaban J connectivity index is 0.00000280. The molecule has 1 aliphatic rings. The molecule has 152 valence electrons. The number of furan rings is 1. The van der Waals surface area contributed by atoms with E-state index in [1.165, 1.54) is 6.26 Å². The molecule has 6 nitrogen and oxygen atoms in total. The zero-order chi connectivity index (χ0) is 19.4. The molecule has 0 saturated carbocycles. The van der Waals surface area contributed by atoms with Crippen molar-refractivity contribution in [2.75, 3.05) is 13.1 Å². The second-order valence-corrected chi connectivity index (χ2v) is 7.19. The molecular formula is C21H28ClN3O3.